The number of carbonyl (C=O) groups excluding carboxylic acids is 1. The maximum absolute atomic E-state index is 12.5. The smallest absolute Gasteiger partial charge is 0.203 e. The third kappa shape index (κ3) is 5.83. The minimum Gasteiger partial charge on any atom is -0.497 e. The molecule has 0 saturated carbocycles. The number of aryl methyl sites for hydroxylation is 2. The second-order valence-electron chi connectivity index (χ2n) is 8.00. The molecule has 0 aliphatic carbocycles. The molecule has 0 radical (unpaired) electrons. The Bertz CT molecular complexity index is 1310. The van der Waals surface area contributed by atoms with Crippen LogP contribution in [0.3, 0.4) is 0 Å². The minimum absolute atomic E-state index is 0.115. The number of hydrogen-bond acceptors (Lipinski definition) is 5. The third-order valence-electron chi connectivity index (χ3n) is 5.45. The summed E-state index contributed by atoms with van der Waals surface area (Å²) < 4.78 is 8.50. The van der Waals surface area contributed by atoms with Crippen molar-refractivity contribution in [1.82, 2.24) is 19.6 Å². The van der Waals surface area contributed by atoms with Crippen molar-refractivity contribution in [2.45, 2.75) is 25.7 Å². The van der Waals surface area contributed by atoms with E-state index in [1.54, 1.807) is 28.9 Å². The summed E-state index contributed by atoms with van der Waals surface area (Å²) in [6.07, 6.45) is 7.11. The Morgan fingerprint density at radius 2 is 1.82 bits per heavy atom. The Labute approximate surface area is 192 Å². The molecule has 0 amide bonds. The van der Waals surface area contributed by atoms with Crippen molar-refractivity contribution >= 4 is 5.78 Å². The van der Waals surface area contributed by atoms with E-state index in [9.17, 15) is 9.59 Å². The minimum atomic E-state index is -0.115. The summed E-state index contributed by atoms with van der Waals surface area (Å²) in [7, 11) is 3.47. The third-order valence-corrected chi connectivity index (χ3v) is 5.45. The van der Waals surface area contributed by atoms with Gasteiger partial charge in [-0.3, -0.25) is 14.3 Å². The molecule has 0 saturated heterocycles. The zero-order chi connectivity index (χ0) is 23.2. The van der Waals surface area contributed by atoms with Crippen LogP contribution < -0.4 is 10.2 Å². The van der Waals surface area contributed by atoms with Gasteiger partial charge in [0.05, 0.1) is 19.5 Å². The lowest BCUT2D eigenvalue weighted by Gasteiger charge is -2.07. The number of aromatic nitrogens is 4. The van der Waals surface area contributed by atoms with E-state index in [1.165, 1.54) is 6.07 Å². The van der Waals surface area contributed by atoms with Crippen molar-refractivity contribution in [1.29, 1.82) is 0 Å². The van der Waals surface area contributed by atoms with Crippen LogP contribution >= 0.6 is 0 Å². The zero-order valence-corrected chi connectivity index (χ0v) is 18.8. The number of methoxy groups -OCH3 is 1. The Morgan fingerprint density at radius 1 is 1.03 bits per heavy atom. The predicted octanol–water partition coefficient (Wildman–Crippen LogP) is 3.31. The molecule has 2 aromatic heterocycles. The van der Waals surface area contributed by atoms with Gasteiger partial charge in [-0.25, -0.2) is 4.68 Å². The van der Waals surface area contributed by atoms with E-state index in [2.05, 4.69) is 10.2 Å². The van der Waals surface area contributed by atoms with Crippen molar-refractivity contribution in [3.05, 3.63) is 106 Å². The first-order chi connectivity index (χ1) is 16.0. The van der Waals surface area contributed by atoms with Crippen LogP contribution in [0.2, 0.25) is 0 Å². The highest BCUT2D eigenvalue weighted by Crippen LogP contribution is 2.14. The summed E-state index contributed by atoms with van der Waals surface area (Å²) in [5.74, 6) is 0.988. The number of carbonyl (C=O) groups is 1. The molecule has 7 heteroatoms. The van der Waals surface area contributed by atoms with Gasteiger partial charge in [-0.2, -0.15) is 10.2 Å². The number of Topliss-reactive ketones (excluding diaryl/α,β-unsaturated/α-hetero) is 1. The maximum atomic E-state index is 12.5. The predicted molar refractivity (Wildman–Crippen MR) is 126 cm³/mol. The number of ether oxygens (including phenoxy) is 1. The monoisotopic (exact) mass is 442 g/mol. The van der Waals surface area contributed by atoms with Gasteiger partial charge in [0.25, 0.3) is 0 Å². The molecule has 0 aliphatic heterocycles. The first-order valence-electron chi connectivity index (χ1n) is 10.8. The van der Waals surface area contributed by atoms with Crippen LogP contribution in [0, 0.1) is 0 Å². The topological polar surface area (TPSA) is 79.0 Å². The van der Waals surface area contributed by atoms with Gasteiger partial charge < -0.3 is 4.74 Å². The van der Waals surface area contributed by atoms with Crippen LogP contribution in [0.4, 0.5) is 0 Å². The average molecular weight is 443 g/mol. The quantitative estimate of drug-likeness (QED) is 0.397. The number of nitrogens with zero attached hydrogens (tertiary/aromatic N) is 4. The van der Waals surface area contributed by atoms with Crippen molar-refractivity contribution in [2.24, 2.45) is 7.05 Å². The van der Waals surface area contributed by atoms with Crippen molar-refractivity contribution < 1.29 is 9.53 Å². The maximum Gasteiger partial charge on any atom is 0.203 e. The molecule has 0 atom stereocenters. The first kappa shape index (κ1) is 22.2. The van der Waals surface area contributed by atoms with E-state index in [0.29, 0.717) is 31.4 Å². The summed E-state index contributed by atoms with van der Waals surface area (Å²) in [5, 5.41) is 8.64. The molecule has 33 heavy (non-hydrogen) atoms. The van der Waals surface area contributed by atoms with E-state index in [0.717, 1.165) is 28.1 Å². The lowest BCUT2D eigenvalue weighted by Crippen LogP contribution is -2.16. The lowest BCUT2D eigenvalue weighted by atomic mass is 10.00. The van der Waals surface area contributed by atoms with Gasteiger partial charge in [0, 0.05) is 38.6 Å². The number of hydrogen-bond donors (Lipinski definition) is 0. The summed E-state index contributed by atoms with van der Waals surface area (Å²) in [6.45, 7) is 0. The van der Waals surface area contributed by atoms with Gasteiger partial charge >= 0.3 is 0 Å². The van der Waals surface area contributed by atoms with Crippen LogP contribution in [0.25, 0.3) is 5.69 Å². The highest BCUT2D eigenvalue weighted by atomic mass is 16.5. The molecule has 0 bridgehead atoms. The Balaban J connectivity index is 1.40. The summed E-state index contributed by atoms with van der Waals surface area (Å²) >= 11 is 0. The Hall–Kier alpha value is -4.00. The Kier molecular flexibility index (Phi) is 6.78. The van der Waals surface area contributed by atoms with Crippen molar-refractivity contribution in [2.75, 3.05) is 7.11 Å². The van der Waals surface area contributed by atoms with E-state index < -0.39 is 0 Å². The van der Waals surface area contributed by atoms with Gasteiger partial charge in [0.15, 0.2) is 0 Å². The fourth-order valence-corrected chi connectivity index (χ4v) is 3.67. The molecular weight excluding hydrogens is 416 g/mol. The van der Waals surface area contributed by atoms with E-state index >= 15 is 0 Å². The summed E-state index contributed by atoms with van der Waals surface area (Å²) in [5.41, 5.74) is 4.12. The second kappa shape index (κ2) is 10.1. The molecule has 4 rings (SSSR count). The van der Waals surface area contributed by atoms with Crippen LogP contribution in [0.1, 0.15) is 28.8 Å². The zero-order valence-electron chi connectivity index (χ0n) is 18.8. The molecule has 0 fully saturated rings. The molecule has 0 unspecified atom stereocenters. The molecule has 0 aliphatic rings. The largest absolute Gasteiger partial charge is 0.497 e. The van der Waals surface area contributed by atoms with Gasteiger partial charge in [-0.1, -0.05) is 36.4 Å². The Morgan fingerprint density at radius 3 is 2.55 bits per heavy atom. The van der Waals surface area contributed by atoms with Crippen molar-refractivity contribution in [3.8, 4) is 11.4 Å². The summed E-state index contributed by atoms with van der Waals surface area (Å²) in [4.78, 5) is 24.9. The standard InChI is InChI=1S/C26H26N4O3/c1-29-18-22(17-27-29)30-13-12-26(32)25(28-30)16-21-5-3-4-20(14-21)15-23(31)9-6-19-7-10-24(33-2)11-8-19/h3-5,7-8,10-14,17-18H,6,9,15-16H2,1-2H3. The van der Waals surface area contributed by atoms with Gasteiger partial charge in [0.1, 0.15) is 22.9 Å². The van der Waals surface area contributed by atoms with Gasteiger partial charge in [-0.15, -0.1) is 0 Å². The first-order valence-corrected chi connectivity index (χ1v) is 10.8. The average Bonchev–Trinajstić information content (AvgIpc) is 3.26. The second-order valence-corrected chi connectivity index (χ2v) is 8.00. The molecule has 7 nitrogen and oxygen atoms in total. The molecule has 2 aromatic carbocycles. The van der Waals surface area contributed by atoms with Crippen LogP contribution in [0.15, 0.2) is 78.0 Å². The number of rotatable bonds is 9. The highest BCUT2D eigenvalue weighted by molar-refractivity contribution is 5.81. The van der Waals surface area contributed by atoms with E-state index in [-0.39, 0.29) is 11.2 Å². The van der Waals surface area contributed by atoms with Crippen LogP contribution in [0.5, 0.6) is 5.75 Å². The molecule has 4 aromatic rings. The number of benzene rings is 2. The van der Waals surface area contributed by atoms with Crippen molar-refractivity contribution in [3.63, 3.8) is 0 Å². The van der Waals surface area contributed by atoms with Crippen LogP contribution in [-0.4, -0.2) is 32.5 Å². The molecular formula is C26H26N4O3. The normalized spacial score (nSPS) is 10.8. The fourth-order valence-electron chi connectivity index (χ4n) is 3.67. The van der Waals surface area contributed by atoms with E-state index in [4.69, 9.17) is 4.74 Å². The van der Waals surface area contributed by atoms with Gasteiger partial charge in [0.2, 0.25) is 5.43 Å². The van der Waals surface area contributed by atoms with Crippen LogP contribution in [-0.2, 0) is 31.1 Å². The molecule has 2 heterocycles. The number of ketones is 1. The van der Waals surface area contributed by atoms with Gasteiger partial charge in [-0.05, 0) is 35.2 Å². The fraction of sp³-hybridized carbons (Fsp3) is 0.231. The lowest BCUT2D eigenvalue weighted by molar-refractivity contribution is -0.118. The molecule has 0 N–H and O–H groups in total. The molecule has 0 spiro atoms. The molecule has 168 valence electrons. The SMILES string of the molecule is COc1ccc(CCC(=O)Cc2cccc(Cc3nn(-c4cnn(C)c4)ccc3=O)c2)cc1. The summed E-state index contributed by atoms with van der Waals surface area (Å²) in [6, 6.07) is 17.1. The highest BCUT2D eigenvalue weighted by Gasteiger charge is 2.09. The van der Waals surface area contributed by atoms with E-state index in [1.807, 2.05) is 61.8 Å².